The first-order valence-corrected chi connectivity index (χ1v) is 16.7. The molecule has 0 atom stereocenters. The second-order valence-electron chi connectivity index (χ2n) is 12.2. The molecule has 1 N–H and O–H groups in total. The van der Waals surface area contributed by atoms with Gasteiger partial charge in [-0.3, -0.25) is 0 Å². The summed E-state index contributed by atoms with van der Waals surface area (Å²) in [6.45, 7) is 4.25. The number of hydrogen-bond donors (Lipinski definition) is 1. The van der Waals surface area contributed by atoms with Gasteiger partial charge in [0, 0.05) is 44.2 Å². The number of fused-ring (bicyclic) bond motifs is 6. The van der Waals surface area contributed by atoms with E-state index in [1.165, 1.54) is 45.0 Å². The van der Waals surface area contributed by atoms with Crippen LogP contribution in [0.1, 0.15) is 20.3 Å². The van der Waals surface area contributed by atoms with E-state index in [9.17, 15) is 0 Å². The van der Waals surface area contributed by atoms with Gasteiger partial charge in [0.05, 0.1) is 11.0 Å². The van der Waals surface area contributed by atoms with Crippen molar-refractivity contribution in [2.75, 3.05) is 5.32 Å². The molecule has 2 heterocycles. The second kappa shape index (κ2) is 12.6. The van der Waals surface area contributed by atoms with Gasteiger partial charge in [0.15, 0.2) is 0 Å². The predicted octanol–water partition coefficient (Wildman–Crippen LogP) is 13.2. The number of para-hydroxylation sites is 4. The zero-order valence-electron chi connectivity index (χ0n) is 27.2. The summed E-state index contributed by atoms with van der Waals surface area (Å²) in [4.78, 5) is 0. The molecule has 0 unspecified atom stereocenters. The van der Waals surface area contributed by atoms with Crippen molar-refractivity contribution in [3.05, 3.63) is 164 Å². The lowest BCUT2D eigenvalue weighted by molar-refractivity contribution is 0.670. The number of anilines is 2. The summed E-state index contributed by atoms with van der Waals surface area (Å²) in [5.74, 6) is 0. The van der Waals surface area contributed by atoms with E-state index in [1.54, 1.807) is 0 Å². The van der Waals surface area contributed by atoms with Gasteiger partial charge in [-0.1, -0.05) is 123 Å². The average Bonchev–Trinajstić information content (AvgIpc) is 3.69. The van der Waals surface area contributed by atoms with Gasteiger partial charge in [0.1, 0.15) is 11.2 Å². The molecule has 232 valence electrons. The number of rotatable bonds is 5. The van der Waals surface area contributed by atoms with Gasteiger partial charge in [-0.15, -0.1) is 0 Å². The lowest BCUT2D eigenvalue weighted by atomic mass is 10.0. The standard InChI is InChI=1S/C42H28N2O.C3H8/c1-2-9-33(10-3-1)44-39-15-6-4-11-35(39)38-27-30(21-26-40(38)44)28-17-22-31(23-18-28)43-32-24-19-29(20-25-32)34-13-8-14-37-36-12-5-7-16-41(36)45-42(34)37;1-3-2/h1-27,43H;3H2,1-2H3. The summed E-state index contributed by atoms with van der Waals surface area (Å²) in [6.07, 6.45) is 1.25. The van der Waals surface area contributed by atoms with Crippen LogP contribution < -0.4 is 5.32 Å². The molecule has 0 amide bonds. The van der Waals surface area contributed by atoms with E-state index in [4.69, 9.17) is 4.42 Å². The fourth-order valence-corrected chi connectivity index (χ4v) is 6.63. The molecule has 3 heteroatoms. The summed E-state index contributed by atoms with van der Waals surface area (Å²) in [7, 11) is 0. The Bertz CT molecular complexity index is 2500. The van der Waals surface area contributed by atoms with Crippen LogP contribution in [0, 0.1) is 0 Å². The van der Waals surface area contributed by atoms with E-state index in [2.05, 4.69) is 175 Å². The van der Waals surface area contributed by atoms with Crippen LogP contribution >= 0.6 is 0 Å². The van der Waals surface area contributed by atoms with E-state index in [1.807, 2.05) is 12.1 Å². The smallest absolute Gasteiger partial charge is 0.143 e. The molecular formula is C45H36N2O. The summed E-state index contributed by atoms with van der Waals surface area (Å²) in [5.41, 5.74) is 12.2. The molecule has 0 aliphatic rings. The van der Waals surface area contributed by atoms with Crippen LogP contribution in [-0.4, -0.2) is 4.57 Å². The SMILES string of the molecule is CCC.c1ccc(-n2c3ccccc3c3cc(-c4ccc(Nc5ccc(-c6cccc7c6oc6ccccc67)cc5)cc4)ccc32)cc1. The number of furan rings is 1. The van der Waals surface area contributed by atoms with Gasteiger partial charge in [-0.2, -0.15) is 0 Å². The zero-order valence-corrected chi connectivity index (χ0v) is 27.2. The molecule has 0 radical (unpaired) electrons. The molecule has 0 aliphatic heterocycles. The van der Waals surface area contributed by atoms with Crippen molar-refractivity contribution in [3.63, 3.8) is 0 Å². The minimum absolute atomic E-state index is 0.917. The number of nitrogens with zero attached hydrogens (tertiary/aromatic N) is 1. The molecule has 2 aromatic heterocycles. The van der Waals surface area contributed by atoms with Crippen LogP contribution in [0.2, 0.25) is 0 Å². The Kier molecular flexibility index (Phi) is 7.72. The molecule has 7 aromatic carbocycles. The molecular weight excluding hydrogens is 585 g/mol. The highest BCUT2D eigenvalue weighted by Crippen LogP contribution is 2.37. The first kappa shape index (κ1) is 29.3. The lowest BCUT2D eigenvalue weighted by Crippen LogP contribution is -1.93. The van der Waals surface area contributed by atoms with Crippen molar-refractivity contribution >= 4 is 55.1 Å². The van der Waals surface area contributed by atoms with Crippen molar-refractivity contribution in [1.82, 2.24) is 4.57 Å². The number of hydrogen-bond acceptors (Lipinski definition) is 2. The quantitative estimate of drug-likeness (QED) is 0.207. The number of benzene rings is 7. The lowest BCUT2D eigenvalue weighted by Gasteiger charge is -2.10. The molecule has 9 rings (SSSR count). The molecule has 0 aliphatic carbocycles. The van der Waals surface area contributed by atoms with Gasteiger partial charge >= 0.3 is 0 Å². The maximum atomic E-state index is 6.26. The molecule has 3 nitrogen and oxygen atoms in total. The maximum Gasteiger partial charge on any atom is 0.143 e. The topological polar surface area (TPSA) is 30.1 Å². The third-order valence-electron chi connectivity index (χ3n) is 8.79. The molecule has 0 saturated carbocycles. The van der Waals surface area contributed by atoms with Crippen molar-refractivity contribution < 1.29 is 4.42 Å². The first-order valence-electron chi connectivity index (χ1n) is 16.7. The summed E-state index contributed by atoms with van der Waals surface area (Å²) in [6, 6.07) is 57.9. The van der Waals surface area contributed by atoms with Crippen molar-refractivity contribution in [2.45, 2.75) is 20.3 Å². The van der Waals surface area contributed by atoms with Crippen LogP contribution in [0.4, 0.5) is 11.4 Å². The Morgan fingerprint density at radius 2 is 1.06 bits per heavy atom. The monoisotopic (exact) mass is 620 g/mol. The molecule has 48 heavy (non-hydrogen) atoms. The molecule has 0 saturated heterocycles. The Hall–Kier alpha value is -6.06. The Morgan fingerprint density at radius 1 is 0.479 bits per heavy atom. The van der Waals surface area contributed by atoms with Gasteiger partial charge in [-0.25, -0.2) is 0 Å². The highest BCUT2D eigenvalue weighted by atomic mass is 16.3. The molecule has 0 fully saturated rings. The van der Waals surface area contributed by atoms with Gasteiger partial charge < -0.3 is 14.3 Å². The fourth-order valence-electron chi connectivity index (χ4n) is 6.63. The second-order valence-corrected chi connectivity index (χ2v) is 12.2. The number of nitrogens with one attached hydrogen (secondary N) is 1. The summed E-state index contributed by atoms with van der Waals surface area (Å²) >= 11 is 0. The molecule has 0 bridgehead atoms. The first-order chi connectivity index (χ1) is 23.7. The van der Waals surface area contributed by atoms with E-state index in [0.29, 0.717) is 0 Å². The third-order valence-corrected chi connectivity index (χ3v) is 8.79. The van der Waals surface area contributed by atoms with Crippen molar-refractivity contribution in [1.29, 1.82) is 0 Å². The van der Waals surface area contributed by atoms with Crippen LogP contribution in [0.5, 0.6) is 0 Å². The maximum absolute atomic E-state index is 6.26. The third kappa shape index (κ3) is 5.30. The molecule has 9 aromatic rings. The van der Waals surface area contributed by atoms with Crippen LogP contribution in [0.25, 0.3) is 71.7 Å². The minimum Gasteiger partial charge on any atom is -0.455 e. The van der Waals surface area contributed by atoms with E-state index in [-0.39, 0.29) is 0 Å². The predicted molar refractivity (Wildman–Crippen MR) is 205 cm³/mol. The minimum atomic E-state index is 0.917. The van der Waals surface area contributed by atoms with E-state index >= 15 is 0 Å². The van der Waals surface area contributed by atoms with Gasteiger partial charge in [0.2, 0.25) is 0 Å². The summed E-state index contributed by atoms with van der Waals surface area (Å²) < 4.78 is 8.61. The van der Waals surface area contributed by atoms with Gasteiger partial charge in [-0.05, 0) is 77.4 Å². The number of aromatic nitrogens is 1. The van der Waals surface area contributed by atoms with Crippen molar-refractivity contribution in [2.24, 2.45) is 0 Å². The summed E-state index contributed by atoms with van der Waals surface area (Å²) in [5, 5.41) is 8.38. The van der Waals surface area contributed by atoms with E-state index < -0.39 is 0 Å². The molecule has 0 spiro atoms. The van der Waals surface area contributed by atoms with Crippen LogP contribution in [0.15, 0.2) is 168 Å². The largest absolute Gasteiger partial charge is 0.455 e. The van der Waals surface area contributed by atoms with Gasteiger partial charge in [0.25, 0.3) is 0 Å². The highest BCUT2D eigenvalue weighted by Gasteiger charge is 2.14. The van der Waals surface area contributed by atoms with Crippen LogP contribution in [0.3, 0.4) is 0 Å². The Labute approximate surface area is 280 Å². The average molecular weight is 621 g/mol. The Balaban J connectivity index is 0.00000108. The van der Waals surface area contributed by atoms with Crippen molar-refractivity contribution in [3.8, 4) is 27.9 Å². The highest BCUT2D eigenvalue weighted by molar-refractivity contribution is 6.11. The van der Waals surface area contributed by atoms with Crippen LogP contribution in [-0.2, 0) is 0 Å². The zero-order chi connectivity index (χ0) is 32.5. The normalized spacial score (nSPS) is 11.2. The van der Waals surface area contributed by atoms with E-state index in [0.717, 1.165) is 44.4 Å². The Morgan fingerprint density at radius 3 is 1.81 bits per heavy atom. The fraction of sp³-hybridized carbons (Fsp3) is 0.0667.